The van der Waals surface area contributed by atoms with E-state index in [1.807, 2.05) is 38.1 Å². The van der Waals surface area contributed by atoms with E-state index in [1.54, 1.807) is 19.2 Å². The van der Waals surface area contributed by atoms with E-state index in [0.717, 1.165) is 33.8 Å². The van der Waals surface area contributed by atoms with Gasteiger partial charge in [0.05, 0.1) is 31.0 Å². The molecule has 2 N–H and O–H groups in total. The van der Waals surface area contributed by atoms with Crippen LogP contribution in [-0.4, -0.2) is 23.2 Å². The Morgan fingerprint density at radius 1 is 1.23 bits per heavy atom. The number of nitrogens with zero attached hydrogens (tertiary/aromatic N) is 1. The smallest absolute Gasteiger partial charge is 0.227 e. The van der Waals surface area contributed by atoms with Crippen molar-refractivity contribution in [2.45, 2.75) is 26.3 Å². The fourth-order valence-electron chi connectivity index (χ4n) is 3.58. The molecule has 2 aromatic heterocycles. The average molecular weight is 407 g/mol. The molecule has 1 amide bonds. The monoisotopic (exact) mass is 407 g/mol. The van der Waals surface area contributed by atoms with Gasteiger partial charge in [-0.2, -0.15) is 0 Å². The summed E-state index contributed by atoms with van der Waals surface area (Å²) < 4.78 is 24.4. The topological polar surface area (TPSA) is 80.2 Å². The van der Waals surface area contributed by atoms with E-state index in [-0.39, 0.29) is 18.3 Å². The van der Waals surface area contributed by atoms with Gasteiger partial charge < -0.3 is 19.6 Å². The second-order valence-corrected chi connectivity index (χ2v) is 7.21. The van der Waals surface area contributed by atoms with Crippen LogP contribution in [0.5, 0.6) is 5.75 Å². The number of fused-ring (bicyclic) bond motifs is 1. The number of carbonyl (C=O) groups excluding carboxylic acids is 1. The van der Waals surface area contributed by atoms with Crippen molar-refractivity contribution in [1.29, 1.82) is 0 Å². The van der Waals surface area contributed by atoms with Crippen LogP contribution in [0.2, 0.25) is 0 Å². The molecular formula is C23H22FN3O3. The lowest BCUT2D eigenvalue weighted by atomic mass is 9.94. The molecule has 1 unspecified atom stereocenters. The standard InChI is InChI=1S/C23H22FN3O3/c1-13-10-18(30-27-13)12-25-23(28)14(2)21-19-11-16(24)6-9-20(19)26-22(21)15-4-7-17(29-3)8-5-15/h4-11,14,26H,12H2,1-3H3,(H,25,28). The molecule has 154 valence electrons. The minimum Gasteiger partial charge on any atom is -0.497 e. The van der Waals surface area contributed by atoms with Gasteiger partial charge in [0.1, 0.15) is 11.6 Å². The Morgan fingerprint density at radius 3 is 2.67 bits per heavy atom. The second kappa shape index (κ2) is 8.02. The van der Waals surface area contributed by atoms with Gasteiger partial charge in [-0.1, -0.05) is 5.16 Å². The molecule has 0 aliphatic rings. The first kappa shape index (κ1) is 19.7. The molecule has 0 radical (unpaired) electrons. The lowest BCUT2D eigenvalue weighted by Gasteiger charge is -2.14. The Kier molecular flexibility index (Phi) is 5.27. The van der Waals surface area contributed by atoms with E-state index in [2.05, 4.69) is 15.5 Å². The van der Waals surface area contributed by atoms with E-state index in [4.69, 9.17) is 9.26 Å². The Bertz CT molecular complexity index is 1190. The van der Waals surface area contributed by atoms with Gasteiger partial charge in [0.15, 0.2) is 5.76 Å². The molecule has 1 atom stereocenters. The van der Waals surface area contributed by atoms with Crippen molar-refractivity contribution >= 4 is 16.8 Å². The number of halogens is 1. The Hall–Kier alpha value is -3.61. The highest BCUT2D eigenvalue weighted by Gasteiger charge is 2.24. The minimum absolute atomic E-state index is 0.191. The maximum absolute atomic E-state index is 14.0. The first-order valence-electron chi connectivity index (χ1n) is 9.61. The van der Waals surface area contributed by atoms with E-state index in [9.17, 15) is 9.18 Å². The SMILES string of the molecule is COc1ccc(-c2[nH]c3ccc(F)cc3c2C(C)C(=O)NCc2cc(C)no2)cc1. The lowest BCUT2D eigenvalue weighted by Crippen LogP contribution is -2.27. The molecule has 7 heteroatoms. The molecule has 0 fully saturated rings. The number of rotatable bonds is 6. The number of aromatic amines is 1. The summed E-state index contributed by atoms with van der Waals surface area (Å²) >= 11 is 0. The third-order valence-electron chi connectivity index (χ3n) is 5.12. The zero-order valence-electron chi connectivity index (χ0n) is 17.0. The average Bonchev–Trinajstić information content (AvgIpc) is 3.34. The van der Waals surface area contributed by atoms with Gasteiger partial charge in [0.25, 0.3) is 0 Å². The summed E-state index contributed by atoms with van der Waals surface area (Å²) in [7, 11) is 1.61. The molecule has 2 heterocycles. The number of carbonyl (C=O) groups is 1. The van der Waals surface area contributed by atoms with Crippen LogP contribution < -0.4 is 10.1 Å². The molecular weight excluding hydrogens is 385 g/mol. The van der Waals surface area contributed by atoms with Gasteiger partial charge in [0, 0.05) is 17.0 Å². The third kappa shape index (κ3) is 3.78. The summed E-state index contributed by atoms with van der Waals surface area (Å²) in [6.45, 7) is 3.86. The number of benzene rings is 2. The van der Waals surface area contributed by atoms with Crippen molar-refractivity contribution in [3.05, 3.63) is 71.4 Å². The normalized spacial score (nSPS) is 12.1. The van der Waals surface area contributed by atoms with Crippen molar-refractivity contribution in [3.8, 4) is 17.0 Å². The maximum atomic E-state index is 14.0. The Morgan fingerprint density at radius 2 is 2.00 bits per heavy atom. The molecule has 0 saturated carbocycles. The molecule has 0 aliphatic carbocycles. The number of aromatic nitrogens is 2. The van der Waals surface area contributed by atoms with Crippen LogP contribution in [0.1, 0.15) is 29.9 Å². The number of hydrogen-bond donors (Lipinski definition) is 2. The first-order chi connectivity index (χ1) is 14.5. The predicted molar refractivity (Wildman–Crippen MR) is 112 cm³/mol. The highest BCUT2D eigenvalue weighted by molar-refractivity contribution is 5.97. The molecule has 0 bridgehead atoms. The van der Waals surface area contributed by atoms with Crippen molar-refractivity contribution in [3.63, 3.8) is 0 Å². The van der Waals surface area contributed by atoms with Crippen molar-refractivity contribution in [2.75, 3.05) is 7.11 Å². The zero-order valence-corrected chi connectivity index (χ0v) is 17.0. The molecule has 6 nitrogen and oxygen atoms in total. The lowest BCUT2D eigenvalue weighted by molar-refractivity contribution is -0.122. The summed E-state index contributed by atoms with van der Waals surface area (Å²) in [5.41, 5.74) is 3.91. The van der Waals surface area contributed by atoms with Gasteiger partial charge in [-0.15, -0.1) is 0 Å². The second-order valence-electron chi connectivity index (χ2n) is 7.21. The van der Waals surface area contributed by atoms with E-state index >= 15 is 0 Å². The maximum Gasteiger partial charge on any atom is 0.227 e. The number of nitrogens with one attached hydrogen (secondary N) is 2. The van der Waals surface area contributed by atoms with Crippen LogP contribution in [-0.2, 0) is 11.3 Å². The quantitative estimate of drug-likeness (QED) is 0.486. The molecule has 4 rings (SSSR count). The van der Waals surface area contributed by atoms with Gasteiger partial charge >= 0.3 is 0 Å². The minimum atomic E-state index is -0.526. The van der Waals surface area contributed by atoms with Gasteiger partial charge in [0.2, 0.25) is 5.91 Å². The summed E-state index contributed by atoms with van der Waals surface area (Å²) in [5.74, 6) is 0.239. The Balaban J connectivity index is 1.71. The molecule has 0 aliphatic heterocycles. The molecule has 0 saturated heterocycles. The number of amides is 1. The van der Waals surface area contributed by atoms with E-state index < -0.39 is 5.92 Å². The van der Waals surface area contributed by atoms with Gasteiger partial charge in [-0.05, 0) is 67.4 Å². The number of methoxy groups -OCH3 is 1. The number of hydrogen-bond acceptors (Lipinski definition) is 4. The number of ether oxygens (including phenoxy) is 1. The number of H-pyrrole nitrogens is 1. The van der Waals surface area contributed by atoms with Crippen molar-refractivity contribution in [2.24, 2.45) is 0 Å². The van der Waals surface area contributed by atoms with Gasteiger partial charge in [-0.3, -0.25) is 4.79 Å². The zero-order chi connectivity index (χ0) is 21.3. The van der Waals surface area contributed by atoms with Crippen LogP contribution in [0, 0.1) is 12.7 Å². The highest BCUT2D eigenvalue weighted by Crippen LogP contribution is 2.36. The van der Waals surface area contributed by atoms with Crippen molar-refractivity contribution in [1.82, 2.24) is 15.5 Å². The van der Waals surface area contributed by atoms with Crippen molar-refractivity contribution < 1.29 is 18.4 Å². The van der Waals surface area contributed by atoms with Crippen LogP contribution in [0.25, 0.3) is 22.2 Å². The van der Waals surface area contributed by atoms with Crippen LogP contribution >= 0.6 is 0 Å². The molecule has 4 aromatic rings. The van der Waals surface area contributed by atoms with E-state index in [1.165, 1.54) is 12.1 Å². The van der Waals surface area contributed by atoms with Crippen LogP contribution in [0.3, 0.4) is 0 Å². The summed E-state index contributed by atoms with van der Waals surface area (Å²) in [6, 6.07) is 13.8. The largest absolute Gasteiger partial charge is 0.497 e. The predicted octanol–water partition coefficient (Wildman–Crippen LogP) is 4.70. The molecule has 0 spiro atoms. The summed E-state index contributed by atoms with van der Waals surface area (Å²) in [4.78, 5) is 16.3. The van der Waals surface area contributed by atoms with Crippen LogP contribution in [0.4, 0.5) is 4.39 Å². The fourth-order valence-corrected chi connectivity index (χ4v) is 3.58. The fraction of sp³-hybridized carbons (Fsp3) is 0.217. The summed E-state index contributed by atoms with van der Waals surface area (Å²) in [5, 5.41) is 7.38. The molecule has 2 aromatic carbocycles. The third-order valence-corrected chi connectivity index (χ3v) is 5.12. The Labute approximate surface area is 173 Å². The van der Waals surface area contributed by atoms with E-state index in [0.29, 0.717) is 11.1 Å². The number of aryl methyl sites for hydroxylation is 1. The highest BCUT2D eigenvalue weighted by atomic mass is 19.1. The van der Waals surface area contributed by atoms with Gasteiger partial charge in [-0.25, -0.2) is 4.39 Å². The van der Waals surface area contributed by atoms with Crippen LogP contribution in [0.15, 0.2) is 53.1 Å². The summed E-state index contributed by atoms with van der Waals surface area (Å²) in [6.07, 6.45) is 0. The molecule has 30 heavy (non-hydrogen) atoms. The first-order valence-corrected chi connectivity index (χ1v) is 9.61.